The Hall–Kier alpha value is -1.13. The maximum absolute atomic E-state index is 5.99. The Morgan fingerprint density at radius 2 is 1.70 bits per heavy atom. The van der Waals surface area contributed by atoms with Crippen molar-refractivity contribution in [2.24, 2.45) is 5.73 Å². The van der Waals surface area contributed by atoms with Gasteiger partial charge >= 0.3 is 0 Å². The Labute approximate surface area is 128 Å². The third-order valence-corrected chi connectivity index (χ3v) is 3.39. The predicted molar refractivity (Wildman–Crippen MR) is 89.3 cm³/mol. The molecule has 0 heterocycles. The van der Waals surface area contributed by atoms with Crippen molar-refractivity contribution in [3.8, 4) is 5.75 Å². The first kappa shape index (κ1) is 16.9. The molecule has 0 amide bonds. The topological polar surface area (TPSA) is 38.5 Å². The van der Waals surface area contributed by atoms with E-state index < -0.39 is 0 Å². The SMILES string of the molecule is CCCN(CCC)C(C(N)=S)c1ccc(OCC)cc1. The highest BCUT2D eigenvalue weighted by Gasteiger charge is 2.21. The summed E-state index contributed by atoms with van der Waals surface area (Å²) in [5.74, 6) is 0.885. The van der Waals surface area contributed by atoms with Gasteiger partial charge in [0.1, 0.15) is 5.75 Å². The first-order valence-electron chi connectivity index (χ1n) is 7.40. The predicted octanol–water partition coefficient (Wildman–Crippen LogP) is 3.53. The van der Waals surface area contributed by atoms with Crippen LogP contribution < -0.4 is 10.5 Å². The molecule has 0 spiro atoms. The average molecular weight is 294 g/mol. The van der Waals surface area contributed by atoms with Crippen LogP contribution in [0, 0.1) is 0 Å². The van der Waals surface area contributed by atoms with Crippen LogP contribution in [0.4, 0.5) is 0 Å². The van der Waals surface area contributed by atoms with E-state index in [-0.39, 0.29) is 6.04 Å². The minimum atomic E-state index is 0.0144. The number of benzene rings is 1. The highest BCUT2D eigenvalue weighted by Crippen LogP contribution is 2.24. The first-order chi connectivity index (χ1) is 9.63. The Morgan fingerprint density at radius 3 is 2.10 bits per heavy atom. The molecule has 0 saturated carbocycles. The van der Waals surface area contributed by atoms with Gasteiger partial charge in [-0.25, -0.2) is 0 Å². The molecule has 0 fully saturated rings. The monoisotopic (exact) mass is 294 g/mol. The van der Waals surface area contributed by atoms with Crippen molar-refractivity contribution in [1.82, 2.24) is 4.90 Å². The molecule has 0 aromatic heterocycles. The molecule has 1 aromatic rings. The summed E-state index contributed by atoms with van der Waals surface area (Å²) in [6.45, 7) is 9.02. The Morgan fingerprint density at radius 1 is 1.15 bits per heavy atom. The van der Waals surface area contributed by atoms with Crippen LogP contribution in [0.3, 0.4) is 0 Å². The lowest BCUT2D eigenvalue weighted by Gasteiger charge is -2.31. The standard InChI is InChI=1S/C16H26N2OS/c1-4-11-18(12-5-2)15(16(17)20)13-7-9-14(10-8-13)19-6-3/h7-10,15H,4-6,11-12H2,1-3H3,(H2,17,20). The van der Waals surface area contributed by atoms with Crippen LogP contribution >= 0.6 is 12.2 Å². The third-order valence-electron chi connectivity index (χ3n) is 3.16. The summed E-state index contributed by atoms with van der Waals surface area (Å²) in [5.41, 5.74) is 7.13. The van der Waals surface area contributed by atoms with Crippen molar-refractivity contribution in [2.75, 3.05) is 19.7 Å². The fourth-order valence-electron chi connectivity index (χ4n) is 2.41. The lowest BCUT2D eigenvalue weighted by molar-refractivity contribution is 0.245. The molecular formula is C16H26N2OS. The average Bonchev–Trinajstić information content (AvgIpc) is 2.41. The number of thiocarbonyl (C=S) groups is 1. The quantitative estimate of drug-likeness (QED) is 0.707. The van der Waals surface area contributed by atoms with E-state index in [9.17, 15) is 0 Å². The number of hydrogen-bond donors (Lipinski definition) is 1. The molecule has 3 nitrogen and oxygen atoms in total. The lowest BCUT2D eigenvalue weighted by atomic mass is 10.0. The zero-order chi connectivity index (χ0) is 15.0. The van der Waals surface area contributed by atoms with E-state index in [2.05, 4.69) is 30.9 Å². The van der Waals surface area contributed by atoms with Crippen molar-refractivity contribution in [1.29, 1.82) is 0 Å². The Kier molecular flexibility index (Phi) is 7.55. The lowest BCUT2D eigenvalue weighted by Crippen LogP contribution is -2.37. The van der Waals surface area contributed by atoms with Crippen LogP contribution in [-0.2, 0) is 0 Å². The third kappa shape index (κ3) is 4.76. The Balaban J connectivity index is 2.96. The molecule has 0 bridgehead atoms. The summed E-state index contributed by atoms with van der Waals surface area (Å²) in [4.78, 5) is 2.90. The fourth-order valence-corrected chi connectivity index (χ4v) is 2.70. The van der Waals surface area contributed by atoms with E-state index in [4.69, 9.17) is 22.7 Å². The van der Waals surface area contributed by atoms with Crippen LogP contribution in [0.2, 0.25) is 0 Å². The number of nitrogens with two attached hydrogens (primary N) is 1. The minimum Gasteiger partial charge on any atom is -0.494 e. The van der Waals surface area contributed by atoms with Gasteiger partial charge in [0.2, 0.25) is 0 Å². The van der Waals surface area contributed by atoms with Gasteiger partial charge in [-0.2, -0.15) is 0 Å². The second-order valence-corrected chi connectivity index (χ2v) is 5.31. The summed E-state index contributed by atoms with van der Waals surface area (Å²) in [5, 5.41) is 0. The van der Waals surface area contributed by atoms with Crippen LogP contribution in [0.1, 0.15) is 45.2 Å². The Bertz CT molecular complexity index is 399. The zero-order valence-corrected chi connectivity index (χ0v) is 13.6. The van der Waals surface area contributed by atoms with E-state index in [1.807, 2.05) is 19.1 Å². The summed E-state index contributed by atoms with van der Waals surface area (Å²) in [6, 6.07) is 8.11. The second-order valence-electron chi connectivity index (χ2n) is 4.84. The molecule has 1 aromatic carbocycles. The maximum Gasteiger partial charge on any atom is 0.119 e. The van der Waals surface area contributed by atoms with Gasteiger partial charge in [-0.3, -0.25) is 4.90 Å². The molecule has 2 N–H and O–H groups in total. The van der Waals surface area contributed by atoms with E-state index in [1.165, 1.54) is 0 Å². The molecule has 0 aliphatic heterocycles. The molecule has 0 saturated heterocycles. The largest absolute Gasteiger partial charge is 0.494 e. The summed E-state index contributed by atoms with van der Waals surface area (Å²) >= 11 is 5.29. The maximum atomic E-state index is 5.99. The van der Waals surface area contributed by atoms with Gasteiger partial charge in [-0.15, -0.1) is 0 Å². The molecule has 0 aliphatic rings. The molecule has 1 rings (SSSR count). The number of hydrogen-bond acceptors (Lipinski definition) is 3. The highest BCUT2D eigenvalue weighted by atomic mass is 32.1. The van der Waals surface area contributed by atoms with Gasteiger partial charge in [0.05, 0.1) is 17.6 Å². The van der Waals surface area contributed by atoms with Gasteiger partial charge in [0.25, 0.3) is 0 Å². The molecule has 0 radical (unpaired) electrons. The normalized spacial score (nSPS) is 12.4. The van der Waals surface area contributed by atoms with E-state index in [0.717, 1.165) is 37.2 Å². The van der Waals surface area contributed by atoms with Gasteiger partial charge in [0.15, 0.2) is 0 Å². The van der Waals surface area contributed by atoms with E-state index >= 15 is 0 Å². The van der Waals surface area contributed by atoms with Crippen molar-refractivity contribution >= 4 is 17.2 Å². The van der Waals surface area contributed by atoms with Gasteiger partial charge in [-0.1, -0.05) is 38.2 Å². The van der Waals surface area contributed by atoms with Crippen molar-refractivity contribution < 1.29 is 4.74 Å². The van der Waals surface area contributed by atoms with Gasteiger partial charge in [0, 0.05) is 0 Å². The summed E-state index contributed by atoms with van der Waals surface area (Å²) < 4.78 is 5.48. The van der Waals surface area contributed by atoms with Crippen LogP contribution in [0.25, 0.3) is 0 Å². The summed E-state index contributed by atoms with van der Waals surface area (Å²) in [6.07, 6.45) is 2.19. The van der Waals surface area contributed by atoms with Crippen molar-refractivity contribution in [3.05, 3.63) is 29.8 Å². The number of ether oxygens (including phenoxy) is 1. The molecule has 1 atom stereocenters. The van der Waals surface area contributed by atoms with E-state index in [1.54, 1.807) is 0 Å². The van der Waals surface area contributed by atoms with Gasteiger partial charge < -0.3 is 10.5 Å². The molecule has 1 unspecified atom stereocenters. The summed E-state index contributed by atoms with van der Waals surface area (Å²) in [7, 11) is 0. The minimum absolute atomic E-state index is 0.0144. The zero-order valence-electron chi connectivity index (χ0n) is 12.8. The van der Waals surface area contributed by atoms with Gasteiger partial charge in [-0.05, 0) is 50.6 Å². The highest BCUT2D eigenvalue weighted by molar-refractivity contribution is 7.80. The smallest absolute Gasteiger partial charge is 0.119 e. The molecule has 0 aliphatic carbocycles. The first-order valence-corrected chi connectivity index (χ1v) is 7.80. The fraction of sp³-hybridized carbons (Fsp3) is 0.562. The molecule has 4 heteroatoms. The molecule has 112 valence electrons. The van der Waals surface area contributed by atoms with Crippen molar-refractivity contribution in [3.63, 3.8) is 0 Å². The number of rotatable bonds is 9. The van der Waals surface area contributed by atoms with E-state index in [0.29, 0.717) is 11.6 Å². The van der Waals surface area contributed by atoms with Crippen LogP contribution in [0.5, 0.6) is 5.75 Å². The number of nitrogens with zero attached hydrogens (tertiary/aromatic N) is 1. The molecular weight excluding hydrogens is 268 g/mol. The van der Waals surface area contributed by atoms with Crippen molar-refractivity contribution in [2.45, 2.75) is 39.7 Å². The molecule has 20 heavy (non-hydrogen) atoms. The van der Waals surface area contributed by atoms with Crippen LogP contribution in [-0.4, -0.2) is 29.6 Å². The van der Waals surface area contributed by atoms with Crippen LogP contribution in [0.15, 0.2) is 24.3 Å². The second kappa shape index (κ2) is 8.93.